The molecule has 4 rings (SSSR count). The number of nitrogens with one attached hydrogen (secondary N) is 1. The third kappa shape index (κ3) is 2.65. The molecule has 0 unspecified atom stereocenters. The highest BCUT2D eigenvalue weighted by Gasteiger charge is 2.35. The predicted octanol–water partition coefficient (Wildman–Crippen LogP) is 4.20. The maximum absolute atomic E-state index is 13.4. The van der Waals surface area contributed by atoms with Crippen molar-refractivity contribution in [2.75, 3.05) is 0 Å². The number of hydrogen-bond acceptors (Lipinski definition) is 4. The van der Waals surface area contributed by atoms with E-state index < -0.39 is 5.92 Å². The van der Waals surface area contributed by atoms with Crippen LogP contribution in [0.15, 0.2) is 64.5 Å². The third-order valence-corrected chi connectivity index (χ3v) is 4.80. The number of halogens is 2. The Morgan fingerprint density at radius 1 is 1.15 bits per heavy atom. The van der Waals surface area contributed by atoms with Crippen molar-refractivity contribution in [3.05, 3.63) is 81.4 Å². The van der Waals surface area contributed by atoms with Gasteiger partial charge in [0.25, 0.3) is 0 Å². The van der Waals surface area contributed by atoms with Gasteiger partial charge in [-0.3, -0.25) is 5.10 Å². The topological polar surface area (TPSA) is 87.7 Å². The number of nitrogens with zero attached hydrogens (tertiary/aromatic N) is 2. The monoisotopic (exact) mass is 410 g/mol. The number of fused-ring (bicyclic) bond motifs is 1. The van der Waals surface area contributed by atoms with Gasteiger partial charge in [-0.05, 0) is 29.8 Å². The first-order chi connectivity index (χ1) is 12.6. The summed E-state index contributed by atoms with van der Waals surface area (Å²) in [4.78, 5) is 0. The lowest BCUT2D eigenvalue weighted by atomic mass is 9.83. The van der Waals surface area contributed by atoms with Crippen molar-refractivity contribution in [1.29, 1.82) is 5.26 Å². The lowest BCUT2D eigenvalue weighted by molar-refractivity contribution is 0.379. The number of nitriles is 1. The molecule has 5 nitrogen and oxygen atoms in total. The number of nitrogens with two attached hydrogens (primary N) is 1. The summed E-state index contributed by atoms with van der Waals surface area (Å²) in [6.45, 7) is 0. The Morgan fingerprint density at radius 2 is 1.85 bits per heavy atom. The molecule has 0 aliphatic carbocycles. The molecule has 0 saturated carbocycles. The van der Waals surface area contributed by atoms with Crippen LogP contribution in [0.1, 0.15) is 17.0 Å². The van der Waals surface area contributed by atoms with E-state index in [4.69, 9.17) is 10.5 Å². The van der Waals surface area contributed by atoms with E-state index >= 15 is 0 Å². The fourth-order valence-corrected chi connectivity index (χ4v) is 3.33. The fraction of sp³-hybridized carbons (Fsp3) is 0.0526. The van der Waals surface area contributed by atoms with Crippen LogP contribution in [0.2, 0.25) is 0 Å². The molecule has 0 saturated heterocycles. The van der Waals surface area contributed by atoms with Crippen molar-refractivity contribution >= 4 is 15.9 Å². The molecule has 0 fully saturated rings. The third-order valence-electron chi connectivity index (χ3n) is 4.28. The molecular formula is C19H12BrFN4O. The van der Waals surface area contributed by atoms with Crippen LogP contribution in [0.5, 0.6) is 5.88 Å². The number of aromatic nitrogens is 2. The van der Waals surface area contributed by atoms with Crippen LogP contribution in [0.4, 0.5) is 4.39 Å². The van der Waals surface area contributed by atoms with Gasteiger partial charge >= 0.3 is 0 Å². The van der Waals surface area contributed by atoms with Crippen molar-refractivity contribution < 1.29 is 9.13 Å². The van der Waals surface area contributed by atoms with E-state index in [-0.39, 0.29) is 17.3 Å². The Hall–Kier alpha value is -3.11. The van der Waals surface area contributed by atoms with Gasteiger partial charge in [0.05, 0.1) is 17.2 Å². The summed E-state index contributed by atoms with van der Waals surface area (Å²) in [7, 11) is 0. The Balaban J connectivity index is 1.93. The highest BCUT2D eigenvalue weighted by Crippen LogP contribution is 2.45. The van der Waals surface area contributed by atoms with Gasteiger partial charge in [0.2, 0.25) is 11.8 Å². The molecule has 7 heteroatoms. The van der Waals surface area contributed by atoms with Gasteiger partial charge in [-0.15, -0.1) is 5.10 Å². The SMILES string of the molecule is N#CC1=C(N)Oc2n[nH]c(-c3ccc(Br)cc3)c2[C@@H]1c1ccc(F)cc1. The minimum absolute atomic E-state index is 0.00295. The van der Waals surface area contributed by atoms with Crippen molar-refractivity contribution in [3.8, 4) is 23.2 Å². The minimum atomic E-state index is -0.498. The Kier molecular flexibility index (Phi) is 3.98. The largest absolute Gasteiger partial charge is 0.420 e. The van der Waals surface area contributed by atoms with Crippen LogP contribution in [0.25, 0.3) is 11.3 Å². The van der Waals surface area contributed by atoms with Gasteiger partial charge in [0.15, 0.2) is 0 Å². The molecule has 2 aromatic carbocycles. The number of rotatable bonds is 2. The van der Waals surface area contributed by atoms with Gasteiger partial charge in [0, 0.05) is 10.0 Å². The molecule has 128 valence electrons. The van der Waals surface area contributed by atoms with Gasteiger partial charge in [-0.2, -0.15) is 5.26 Å². The average molecular weight is 411 g/mol. The molecule has 0 bridgehead atoms. The number of benzene rings is 2. The zero-order chi connectivity index (χ0) is 18.3. The first-order valence-electron chi connectivity index (χ1n) is 7.75. The molecule has 0 radical (unpaired) electrons. The molecule has 1 atom stereocenters. The molecule has 26 heavy (non-hydrogen) atoms. The van der Waals surface area contributed by atoms with Crippen molar-refractivity contribution in [3.63, 3.8) is 0 Å². The maximum atomic E-state index is 13.4. The predicted molar refractivity (Wildman–Crippen MR) is 97.4 cm³/mol. The average Bonchev–Trinajstić information content (AvgIpc) is 3.05. The number of hydrogen-bond donors (Lipinski definition) is 2. The van der Waals surface area contributed by atoms with Gasteiger partial charge in [0.1, 0.15) is 17.5 Å². The van der Waals surface area contributed by atoms with Crippen LogP contribution < -0.4 is 10.5 Å². The molecule has 3 aromatic rings. The van der Waals surface area contributed by atoms with E-state index in [0.717, 1.165) is 21.3 Å². The normalized spacial score (nSPS) is 16.0. The van der Waals surface area contributed by atoms with Crippen LogP contribution in [-0.4, -0.2) is 10.2 Å². The highest BCUT2D eigenvalue weighted by molar-refractivity contribution is 9.10. The van der Waals surface area contributed by atoms with E-state index in [0.29, 0.717) is 11.4 Å². The first-order valence-corrected chi connectivity index (χ1v) is 8.55. The second-order valence-electron chi connectivity index (χ2n) is 5.80. The summed E-state index contributed by atoms with van der Waals surface area (Å²) >= 11 is 3.41. The molecule has 1 aromatic heterocycles. The summed E-state index contributed by atoms with van der Waals surface area (Å²) in [5, 5.41) is 16.8. The zero-order valence-electron chi connectivity index (χ0n) is 13.3. The molecular weight excluding hydrogens is 399 g/mol. The second kappa shape index (κ2) is 6.32. The molecule has 1 aliphatic rings. The fourth-order valence-electron chi connectivity index (χ4n) is 3.07. The van der Waals surface area contributed by atoms with Gasteiger partial charge in [-0.1, -0.05) is 40.2 Å². The summed E-state index contributed by atoms with van der Waals surface area (Å²) < 4.78 is 19.9. The Labute approximate surface area is 157 Å². The number of ether oxygens (including phenoxy) is 1. The van der Waals surface area contributed by atoms with Gasteiger partial charge < -0.3 is 10.5 Å². The molecule has 0 spiro atoms. The lowest BCUT2D eigenvalue weighted by Crippen LogP contribution is -2.21. The Bertz CT molecular complexity index is 1050. The first kappa shape index (κ1) is 16.4. The Morgan fingerprint density at radius 3 is 2.50 bits per heavy atom. The number of aromatic amines is 1. The number of allylic oxidation sites excluding steroid dienone is 1. The smallest absolute Gasteiger partial charge is 0.244 e. The van der Waals surface area contributed by atoms with Crippen molar-refractivity contribution in [2.45, 2.75) is 5.92 Å². The number of H-pyrrole nitrogens is 1. The zero-order valence-corrected chi connectivity index (χ0v) is 14.9. The molecule has 1 aliphatic heterocycles. The molecule has 3 N–H and O–H groups in total. The molecule has 0 amide bonds. The van der Waals surface area contributed by atoms with E-state index in [2.05, 4.69) is 32.2 Å². The van der Waals surface area contributed by atoms with Crippen molar-refractivity contribution in [2.24, 2.45) is 5.73 Å². The second-order valence-corrected chi connectivity index (χ2v) is 6.72. The van der Waals surface area contributed by atoms with Crippen molar-refractivity contribution in [1.82, 2.24) is 10.2 Å². The van der Waals surface area contributed by atoms with E-state index in [1.807, 2.05) is 24.3 Å². The van der Waals surface area contributed by atoms with Gasteiger partial charge in [-0.25, -0.2) is 4.39 Å². The van der Waals surface area contributed by atoms with Crippen LogP contribution in [-0.2, 0) is 0 Å². The summed E-state index contributed by atoms with van der Waals surface area (Å²) in [5.74, 6) is -0.532. The van der Waals surface area contributed by atoms with E-state index in [9.17, 15) is 9.65 Å². The van der Waals surface area contributed by atoms with E-state index in [1.54, 1.807) is 12.1 Å². The van der Waals surface area contributed by atoms with E-state index in [1.165, 1.54) is 12.1 Å². The standard InChI is InChI=1S/C19H12BrFN4O/c20-12-5-1-11(2-6-12)17-16-15(10-3-7-13(21)8-4-10)14(9-22)18(23)26-19(16)25-24-17/h1-8,15H,23H2,(H,24,25)/t15-/m1/s1. The summed E-state index contributed by atoms with van der Waals surface area (Å²) in [6, 6.07) is 15.8. The van der Waals surface area contributed by atoms with Crippen LogP contribution in [0.3, 0.4) is 0 Å². The summed E-state index contributed by atoms with van der Waals surface area (Å²) in [6.07, 6.45) is 0. The maximum Gasteiger partial charge on any atom is 0.244 e. The quantitative estimate of drug-likeness (QED) is 0.662. The summed E-state index contributed by atoms with van der Waals surface area (Å²) in [5.41, 5.74) is 9.24. The lowest BCUT2D eigenvalue weighted by Gasteiger charge is -2.24. The van der Waals surface area contributed by atoms with Crippen LogP contribution in [0, 0.1) is 17.1 Å². The molecule has 2 heterocycles. The minimum Gasteiger partial charge on any atom is -0.420 e. The van der Waals surface area contributed by atoms with Crippen LogP contribution >= 0.6 is 15.9 Å². The highest BCUT2D eigenvalue weighted by atomic mass is 79.9.